The Hall–Kier alpha value is -2.31. The van der Waals surface area contributed by atoms with Gasteiger partial charge in [0.05, 0.1) is 13.2 Å². The van der Waals surface area contributed by atoms with Crippen molar-refractivity contribution >= 4 is 31.0 Å². The molecule has 6 heteroatoms. The normalized spacial score (nSPS) is 23.5. The summed E-state index contributed by atoms with van der Waals surface area (Å²) in [6.07, 6.45) is 5.06. The maximum absolute atomic E-state index is 13.9. The SMILES string of the molecule is C=Nc1cc(N2CCC3=C(C2)/C(C)=C/C(F)=C\C=B3)ccc1CCN1CCOCC1. The van der Waals surface area contributed by atoms with Gasteiger partial charge in [-0.05, 0) is 0 Å². The van der Waals surface area contributed by atoms with Gasteiger partial charge in [-0.2, -0.15) is 0 Å². The molecule has 1 aromatic carbocycles. The van der Waals surface area contributed by atoms with E-state index in [0.29, 0.717) is 0 Å². The predicted molar refractivity (Wildman–Crippen MR) is 125 cm³/mol. The zero-order valence-electron chi connectivity index (χ0n) is 17.7. The first-order valence-electron chi connectivity index (χ1n) is 10.7. The van der Waals surface area contributed by atoms with Crippen molar-refractivity contribution in [3.63, 3.8) is 0 Å². The Morgan fingerprint density at radius 3 is 2.87 bits per heavy atom. The summed E-state index contributed by atoms with van der Waals surface area (Å²) in [5.74, 6) is 1.61. The van der Waals surface area contributed by atoms with Gasteiger partial charge in [-0.25, -0.2) is 0 Å². The summed E-state index contributed by atoms with van der Waals surface area (Å²) in [6, 6.07) is 6.52. The molecule has 156 valence electrons. The molecule has 3 aliphatic heterocycles. The van der Waals surface area contributed by atoms with Crippen molar-refractivity contribution in [3.8, 4) is 0 Å². The zero-order valence-corrected chi connectivity index (χ0v) is 17.7. The summed E-state index contributed by atoms with van der Waals surface area (Å²) in [7, 11) is 0. The number of benzene rings is 1. The minimum Gasteiger partial charge on any atom is -0.379 e. The van der Waals surface area contributed by atoms with Crippen LogP contribution in [0.15, 0.2) is 57.8 Å². The summed E-state index contributed by atoms with van der Waals surface area (Å²) in [4.78, 5) is 9.11. The fraction of sp³-hybridized carbons (Fsp3) is 0.417. The topological polar surface area (TPSA) is 28.1 Å². The molecule has 0 spiro atoms. The molecular weight excluding hydrogens is 376 g/mol. The molecule has 0 saturated carbocycles. The van der Waals surface area contributed by atoms with Gasteiger partial charge in [0, 0.05) is 0 Å². The summed E-state index contributed by atoms with van der Waals surface area (Å²) >= 11 is 0. The van der Waals surface area contributed by atoms with Crippen molar-refractivity contribution in [2.24, 2.45) is 4.99 Å². The molecule has 1 aromatic rings. The molecule has 0 aliphatic carbocycles. The van der Waals surface area contributed by atoms with Crippen LogP contribution in [0.4, 0.5) is 15.8 Å². The van der Waals surface area contributed by atoms with E-state index in [1.54, 1.807) is 6.08 Å². The number of hydrogen-bond donors (Lipinski definition) is 0. The Morgan fingerprint density at radius 1 is 1.23 bits per heavy atom. The first kappa shape index (κ1) is 20.9. The number of hydrogen-bond acceptors (Lipinski definition) is 4. The van der Waals surface area contributed by atoms with E-state index in [1.165, 1.54) is 22.7 Å². The molecule has 3 aliphatic rings. The molecule has 0 bridgehead atoms. The Kier molecular flexibility index (Phi) is 6.75. The van der Waals surface area contributed by atoms with Crippen LogP contribution in [0.2, 0.25) is 0 Å². The third-order valence-corrected chi connectivity index (χ3v) is 6.18. The minimum atomic E-state index is -0.199. The monoisotopic (exact) mass is 405 g/mol. The number of allylic oxidation sites excluding steroid dienone is 3. The van der Waals surface area contributed by atoms with E-state index in [4.69, 9.17) is 4.74 Å². The zero-order chi connectivity index (χ0) is 20.9. The van der Waals surface area contributed by atoms with Gasteiger partial charge in [0.25, 0.3) is 0 Å². The van der Waals surface area contributed by atoms with E-state index in [2.05, 4.69) is 39.7 Å². The van der Waals surface area contributed by atoms with Crippen molar-refractivity contribution in [2.75, 3.05) is 50.8 Å². The van der Waals surface area contributed by atoms with E-state index in [1.807, 2.05) is 19.8 Å². The Balaban J connectivity index is 1.49. The van der Waals surface area contributed by atoms with Crippen LogP contribution in [-0.2, 0) is 11.2 Å². The second-order valence-corrected chi connectivity index (χ2v) is 8.09. The van der Waals surface area contributed by atoms with E-state index in [-0.39, 0.29) is 5.83 Å². The number of morpholine rings is 1. The van der Waals surface area contributed by atoms with Crippen LogP contribution in [0, 0.1) is 0 Å². The van der Waals surface area contributed by atoms with Crippen molar-refractivity contribution in [3.05, 3.63) is 58.4 Å². The molecule has 0 N–H and O–H groups in total. The van der Waals surface area contributed by atoms with Gasteiger partial charge >= 0.3 is 161 Å². The van der Waals surface area contributed by atoms with Crippen LogP contribution in [0.3, 0.4) is 0 Å². The van der Waals surface area contributed by atoms with E-state index < -0.39 is 0 Å². The Bertz CT molecular complexity index is 928. The first-order valence-corrected chi connectivity index (χ1v) is 10.7. The average molecular weight is 405 g/mol. The van der Waals surface area contributed by atoms with Crippen molar-refractivity contribution < 1.29 is 9.13 Å². The number of rotatable bonds is 5. The fourth-order valence-electron chi connectivity index (χ4n) is 4.37. The summed E-state index contributed by atoms with van der Waals surface area (Å²) in [5.41, 5.74) is 6.85. The number of aliphatic imine (C=N–C) groups is 1. The predicted octanol–water partition coefficient (Wildman–Crippen LogP) is 3.68. The van der Waals surface area contributed by atoms with E-state index in [9.17, 15) is 4.39 Å². The Labute approximate surface area is 179 Å². The Morgan fingerprint density at radius 2 is 2.07 bits per heavy atom. The van der Waals surface area contributed by atoms with Gasteiger partial charge in [0.2, 0.25) is 0 Å². The molecule has 30 heavy (non-hydrogen) atoms. The van der Waals surface area contributed by atoms with E-state index >= 15 is 0 Å². The molecule has 0 amide bonds. The molecule has 3 heterocycles. The molecule has 0 radical (unpaired) electrons. The van der Waals surface area contributed by atoms with Gasteiger partial charge in [0.1, 0.15) is 0 Å². The van der Waals surface area contributed by atoms with Gasteiger partial charge in [-0.15, -0.1) is 0 Å². The summed E-state index contributed by atoms with van der Waals surface area (Å²) in [6.45, 7) is 14.2. The number of nitrogens with zero attached hydrogens (tertiary/aromatic N) is 3. The molecule has 0 aromatic heterocycles. The number of ether oxygens (including phenoxy) is 1. The minimum absolute atomic E-state index is 0.199. The quantitative estimate of drug-likeness (QED) is 0.553. The smallest absolute Gasteiger partial charge is 0.379 e. The van der Waals surface area contributed by atoms with Crippen LogP contribution >= 0.6 is 0 Å². The van der Waals surface area contributed by atoms with Gasteiger partial charge in [-0.1, -0.05) is 0 Å². The second-order valence-electron chi connectivity index (χ2n) is 8.09. The second kappa shape index (κ2) is 9.67. The van der Waals surface area contributed by atoms with Crippen molar-refractivity contribution in [1.29, 1.82) is 0 Å². The molecule has 0 unspecified atom stereocenters. The number of anilines is 1. The average Bonchev–Trinajstić information content (AvgIpc) is 2.77. The maximum atomic E-state index is 13.9. The molecule has 1 saturated heterocycles. The van der Waals surface area contributed by atoms with Crippen molar-refractivity contribution in [1.82, 2.24) is 4.90 Å². The molecule has 1 fully saturated rings. The van der Waals surface area contributed by atoms with Crippen LogP contribution in [0.5, 0.6) is 0 Å². The molecular formula is C24H29BFN3O. The van der Waals surface area contributed by atoms with Crippen LogP contribution in [-0.4, -0.2) is 70.4 Å². The molecule has 4 rings (SSSR count). The molecule has 0 atom stereocenters. The summed E-state index contributed by atoms with van der Waals surface area (Å²) in [5, 5.41) is 0. The third kappa shape index (κ3) is 4.88. The van der Waals surface area contributed by atoms with Gasteiger partial charge < -0.3 is 4.74 Å². The van der Waals surface area contributed by atoms with Crippen molar-refractivity contribution in [2.45, 2.75) is 19.8 Å². The third-order valence-electron chi connectivity index (χ3n) is 6.18. The van der Waals surface area contributed by atoms with E-state index in [0.717, 1.165) is 75.7 Å². The number of halogens is 1. The summed E-state index contributed by atoms with van der Waals surface area (Å²) < 4.78 is 19.3. The first-order chi connectivity index (χ1) is 14.6. The van der Waals surface area contributed by atoms with Crippen LogP contribution in [0.1, 0.15) is 18.9 Å². The van der Waals surface area contributed by atoms with Crippen LogP contribution < -0.4 is 4.90 Å². The fourth-order valence-corrected chi connectivity index (χ4v) is 4.37. The van der Waals surface area contributed by atoms with Gasteiger partial charge in [0.15, 0.2) is 0 Å². The molecule has 4 nitrogen and oxygen atoms in total. The van der Waals surface area contributed by atoms with Crippen LogP contribution in [0.25, 0.3) is 0 Å². The van der Waals surface area contributed by atoms with Gasteiger partial charge in [-0.3, -0.25) is 0 Å². The standard InChI is InChI=1S/C24H29BFN3O/c1-18-15-20(26)5-8-25-23-7-10-29(17-22(18)23)21-4-3-19(24(16-21)27-2)6-9-28-11-13-30-14-12-28/h3-5,8,15-16H,2,6-7,9-14,17H2,1H3/b8-5?,18-15+,20-5+,20-15?,22-18?.